The molecule has 0 aliphatic heterocycles. The number of hydrogen-bond acceptors (Lipinski definition) is 3. The van der Waals surface area contributed by atoms with Gasteiger partial charge in [0.15, 0.2) is 0 Å². The summed E-state index contributed by atoms with van der Waals surface area (Å²) >= 11 is 1.53. The van der Waals surface area contributed by atoms with Gasteiger partial charge in [-0.15, -0.1) is 11.8 Å². The molecule has 1 fully saturated rings. The minimum Gasteiger partial charge on any atom is -0.454 e. The molecule has 2 nitrogen and oxygen atoms in total. The van der Waals surface area contributed by atoms with Crippen molar-refractivity contribution in [3.63, 3.8) is 0 Å². The van der Waals surface area contributed by atoms with E-state index < -0.39 is 0 Å². The molecule has 1 aliphatic rings. The molecule has 0 atom stereocenters. The Morgan fingerprint density at radius 2 is 2.44 bits per heavy atom. The highest BCUT2D eigenvalue weighted by molar-refractivity contribution is 7.98. The van der Waals surface area contributed by atoms with Gasteiger partial charge in [0.25, 0.3) is 0 Å². The highest BCUT2D eigenvalue weighted by Gasteiger charge is 2.30. The van der Waals surface area contributed by atoms with E-state index in [1.807, 2.05) is 6.26 Å². The fourth-order valence-electron chi connectivity index (χ4n) is 0.554. The molecule has 0 aromatic rings. The third-order valence-electron chi connectivity index (χ3n) is 1.23. The normalized spacial score (nSPS) is 17.4. The van der Waals surface area contributed by atoms with Crippen molar-refractivity contribution in [1.82, 2.24) is 0 Å². The highest BCUT2D eigenvalue weighted by atomic mass is 32.2. The Morgan fingerprint density at radius 3 is 2.89 bits per heavy atom. The molecule has 0 N–H and O–H groups in total. The molecule has 0 spiro atoms. The molecular weight excluding hydrogens is 136 g/mol. The van der Waals surface area contributed by atoms with E-state index in [-0.39, 0.29) is 11.9 Å². The highest BCUT2D eigenvalue weighted by Crippen LogP contribution is 2.30. The first-order valence-corrected chi connectivity index (χ1v) is 4.39. The van der Waals surface area contributed by atoms with Crippen LogP contribution in [0.2, 0.25) is 0 Å². The predicted molar refractivity (Wildman–Crippen MR) is 37.2 cm³/mol. The van der Waals surface area contributed by atoms with Crippen molar-refractivity contribution in [2.24, 2.45) is 5.92 Å². The third-order valence-corrected chi connectivity index (χ3v) is 1.58. The molecule has 0 heterocycles. The van der Waals surface area contributed by atoms with Crippen LogP contribution in [0.25, 0.3) is 0 Å². The van der Waals surface area contributed by atoms with Gasteiger partial charge in [-0.05, 0) is 19.1 Å². The molecule has 0 amide bonds. The lowest BCUT2D eigenvalue weighted by Gasteiger charge is -1.98. The van der Waals surface area contributed by atoms with Crippen LogP contribution in [0.5, 0.6) is 0 Å². The third kappa shape index (κ3) is 2.26. The molecule has 9 heavy (non-hydrogen) atoms. The van der Waals surface area contributed by atoms with Crippen molar-refractivity contribution in [2.45, 2.75) is 12.8 Å². The zero-order valence-corrected chi connectivity index (χ0v) is 6.24. The van der Waals surface area contributed by atoms with Gasteiger partial charge in [0.2, 0.25) is 0 Å². The van der Waals surface area contributed by atoms with Gasteiger partial charge < -0.3 is 4.74 Å². The van der Waals surface area contributed by atoms with Gasteiger partial charge in [0.05, 0.1) is 5.92 Å². The molecular formula is C6H10O2S. The van der Waals surface area contributed by atoms with Crippen molar-refractivity contribution in [2.75, 3.05) is 12.2 Å². The summed E-state index contributed by atoms with van der Waals surface area (Å²) in [6, 6.07) is 0. The van der Waals surface area contributed by atoms with Gasteiger partial charge >= 0.3 is 5.97 Å². The second kappa shape index (κ2) is 3.11. The number of ether oxygens (including phenoxy) is 1. The van der Waals surface area contributed by atoms with Crippen molar-refractivity contribution < 1.29 is 9.53 Å². The van der Waals surface area contributed by atoms with Crippen molar-refractivity contribution in [3.05, 3.63) is 0 Å². The van der Waals surface area contributed by atoms with E-state index in [0.717, 1.165) is 12.8 Å². The maximum atomic E-state index is 10.7. The summed E-state index contributed by atoms with van der Waals surface area (Å²) in [4.78, 5) is 10.7. The summed E-state index contributed by atoms with van der Waals surface area (Å²) in [5.74, 6) is 0.747. The Hall–Kier alpha value is -0.180. The fourth-order valence-corrected chi connectivity index (χ4v) is 0.788. The van der Waals surface area contributed by atoms with Crippen LogP contribution in [0.15, 0.2) is 0 Å². The average Bonchev–Trinajstić information content (AvgIpc) is 2.63. The summed E-state index contributed by atoms with van der Waals surface area (Å²) in [5.41, 5.74) is 0. The SMILES string of the molecule is CSCOC(=O)C1CC1. The smallest absolute Gasteiger partial charge is 0.309 e. The van der Waals surface area contributed by atoms with Gasteiger partial charge in [0, 0.05) is 0 Å². The topological polar surface area (TPSA) is 26.3 Å². The molecule has 1 saturated carbocycles. The number of esters is 1. The molecule has 0 saturated heterocycles. The van der Waals surface area contributed by atoms with Gasteiger partial charge in [-0.2, -0.15) is 0 Å². The van der Waals surface area contributed by atoms with E-state index in [2.05, 4.69) is 0 Å². The minimum absolute atomic E-state index is 0.00986. The lowest BCUT2D eigenvalue weighted by Crippen LogP contribution is -2.04. The summed E-state index contributed by atoms with van der Waals surface area (Å²) in [5, 5.41) is 0. The molecule has 0 aromatic carbocycles. The Balaban J connectivity index is 2.03. The van der Waals surface area contributed by atoms with Crippen molar-refractivity contribution >= 4 is 17.7 Å². The largest absolute Gasteiger partial charge is 0.454 e. The monoisotopic (exact) mass is 146 g/mol. The molecule has 0 unspecified atom stereocenters. The molecule has 0 radical (unpaired) electrons. The Morgan fingerprint density at radius 1 is 1.78 bits per heavy atom. The van der Waals surface area contributed by atoms with Crippen LogP contribution in [-0.2, 0) is 9.53 Å². The first-order valence-electron chi connectivity index (χ1n) is 3.00. The van der Waals surface area contributed by atoms with E-state index >= 15 is 0 Å². The van der Waals surface area contributed by atoms with Crippen LogP contribution in [-0.4, -0.2) is 18.2 Å². The lowest BCUT2D eigenvalue weighted by molar-refractivity contribution is -0.142. The summed E-state index contributed by atoms with van der Waals surface area (Å²) in [6.07, 6.45) is 3.99. The number of rotatable bonds is 3. The van der Waals surface area contributed by atoms with Gasteiger partial charge in [-0.25, -0.2) is 0 Å². The molecule has 1 rings (SSSR count). The fraction of sp³-hybridized carbons (Fsp3) is 0.833. The first kappa shape index (κ1) is 6.93. The second-order valence-corrected chi connectivity index (χ2v) is 2.96. The van der Waals surface area contributed by atoms with E-state index in [0.29, 0.717) is 5.94 Å². The number of hydrogen-bond donors (Lipinski definition) is 0. The quantitative estimate of drug-likeness (QED) is 0.443. The summed E-state index contributed by atoms with van der Waals surface area (Å²) in [6.45, 7) is 0. The van der Waals surface area contributed by atoms with Gasteiger partial charge in [0.1, 0.15) is 5.94 Å². The van der Waals surface area contributed by atoms with E-state index in [9.17, 15) is 4.79 Å². The van der Waals surface area contributed by atoms with Crippen LogP contribution in [0.3, 0.4) is 0 Å². The number of thioether (sulfide) groups is 1. The van der Waals surface area contributed by atoms with Gasteiger partial charge in [-0.3, -0.25) is 4.79 Å². The molecule has 0 aromatic heterocycles. The molecule has 1 aliphatic carbocycles. The molecule has 0 bridgehead atoms. The molecule has 52 valence electrons. The second-order valence-electron chi connectivity index (χ2n) is 2.14. The van der Waals surface area contributed by atoms with Crippen molar-refractivity contribution in [1.29, 1.82) is 0 Å². The standard InChI is InChI=1S/C6H10O2S/c1-9-4-8-6(7)5-2-3-5/h5H,2-4H2,1H3. The minimum atomic E-state index is -0.00986. The maximum absolute atomic E-state index is 10.7. The number of carbonyl (C=O) groups excluding carboxylic acids is 1. The number of carbonyl (C=O) groups is 1. The average molecular weight is 146 g/mol. The van der Waals surface area contributed by atoms with E-state index in [1.54, 1.807) is 0 Å². The van der Waals surface area contributed by atoms with E-state index in [1.165, 1.54) is 11.8 Å². The Labute approximate surface area is 59.0 Å². The summed E-state index contributed by atoms with van der Waals surface area (Å²) < 4.78 is 4.84. The predicted octanol–water partition coefficient (Wildman–Crippen LogP) is 1.26. The van der Waals surface area contributed by atoms with E-state index in [4.69, 9.17) is 4.74 Å². The van der Waals surface area contributed by atoms with Crippen LogP contribution in [0.4, 0.5) is 0 Å². The molecule has 3 heteroatoms. The van der Waals surface area contributed by atoms with Crippen LogP contribution in [0.1, 0.15) is 12.8 Å². The van der Waals surface area contributed by atoms with Crippen molar-refractivity contribution in [3.8, 4) is 0 Å². The van der Waals surface area contributed by atoms with Crippen LogP contribution in [0, 0.1) is 5.92 Å². The van der Waals surface area contributed by atoms with Crippen LogP contribution < -0.4 is 0 Å². The zero-order valence-electron chi connectivity index (χ0n) is 5.42. The van der Waals surface area contributed by atoms with Crippen LogP contribution >= 0.6 is 11.8 Å². The maximum Gasteiger partial charge on any atom is 0.309 e. The first-order chi connectivity index (χ1) is 4.34. The Kier molecular flexibility index (Phi) is 2.39. The lowest BCUT2D eigenvalue weighted by atomic mass is 10.4. The summed E-state index contributed by atoms with van der Waals surface area (Å²) in [7, 11) is 0. The zero-order chi connectivity index (χ0) is 6.69. The Bertz CT molecular complexity index is 110. The van der Waals surface area contributed by atoms with Gasteiger partial charge in [-0.1, -0.05) is 0 Å².